The lowest BCUT2D eigenvalue weighted by atomic mass is 10.1. The lowest BCUT2D eigenvalue weighted by Crippen LogP contribution is -2.12. The molecule has 1 atom stereocenters. The summed E-state index contributed by atoms with van der Waals surface area (Å²) in [5.74, 6) is 2.28. The number of hydrogen-bond acceptors (Lipinski definition) is 3. The Morgan fingerprint density at radius 2 is 2.33 bits per heavy atom. The maximum atomic E-state index is 6.10. The van der Waals surface area contributed by atoms with Crippen LogP contribution in [0.2, 0.25) is 0 Å². The molecule has 0 aromatic carbocycles. The van der Waals surface area contributed by atoms with Crippen molar-refractivity contribution in [2.24, 2.45) is 0 Å². The third-order valence-electron chi connectivity index (χ3n) is 3.03. The van der Waals surface area contributed by atoms with E-state index in [0.29, 0.717) is 6.61 Å². The van der Waals surface area contributed by atoms with Gasteiger partial charge < -0.3 is 15.0 Å². The van der Waals surface area contributed by atoms with Crippen LogP contribution in [0.4, 0.5) is 5.82 Å². The molecule has 1 aromatic heterocycles. The van der Waals surface area contributed by atoms with Gasteiger partial charge in [0, 0.05) is 26.0 Å². The number of fused-ring (bicyclic) bond motifs is 1. The van der Waals surface area contributed by atoms with Crippen LogP contribution in [0.1, 0.15) is 37.2 Å². The lowest BCUT2D eigenvalue weighted by Gasteiger charge is -2.14. The number of methoxy groups -OCH3 is 1. The summed E-state index contributed by atoms with van der Waals surface area (Å²) >= 11 is 0. The number of aromatic nitrogens is 2. The summed E-state index contributed by atoms with van der Waals surface area (Å²) in [5, 5.41) is 0. The zero-order valence-corrected chi connectivity index (χ0v) is 9.49. The molecule has 1 unspecified atom stereocenters. The number of nitrogens with two attached hydrogens (primary N) is 1. The van der Waals surface area contributed by atoms with Gasteiger partial charge in [0.1, 0.15) is 11.6 Å². The van der Waals surface area contributed by atoms with Crippen LogP contribution in [0.5, 0.6) is 0 Å². The van der Waals surface area contributed by atoms with Crippen molar-refractivity contribution < 1.29 is 4.74 Å². The Labute approximate surface area is 90.4 Å². The molecule has 1 aromatic rings. The summed E-state index contributed by atoms with van der Waals surface area (Å²) in [6.07, 6.45) is 3.50. The number of rotatable bonds is 3. The van der Waals surface area contributed by atoms with E-state index in [1.165, 1.54) is 12.8 Å². The molecule has 4 nitrogen and oxygen atoms in total. The van der Waals surface area contributed by atoms with Crippen molar-refractivity contribution in [3.8, 4) is 0 Å². The highest BCUT2D eigenvalue weighted by atomic mass is 16.5. The van der Waals surface area contributed by atoms with Gasteiger partial charge >= 0.3 is 0 Å². The first kappa shape index (κ1) is 10.5. The van der Waals surface area contributed by atoms with Gasteiger partial charge in [-0.15, -0.1) is 0 Å². The molecule has 0 radical (unpaired) electrons. The van der Waals surface area contributed by atoms with Crippen LogP contribution in [-0.2, 0) is 17.7 Å². The van der Waals surface area contributed by atoms with Crippen molar-refractivity contribution in [3.63, 3.8) is 0 Å². The van der Waals surface area contributed by atoms with Gasteiger partial charge in [0.25, 0.3) is 0 Å². The second kappa shape index (κ2) is 4.23. The van der Waals surface area contributed by atoms with Crippen LogP contribution < -0.4 is 5.73 Å². The standard InChI is InChI=1S/C11H19N3O/c1-8(7-15-2)10-11(12)14-6-4-3-5-9(14)13-10/h8H,3-7,12H2,1-2H3. The SMILES string of the molecule is COCC(C)c1nc2n(c1N)CCCC2. The van der Waals surface area contributed by atoms with Gasteiger partial charge in [0.05, 0.1) is 12.3 Å². The molecule has 0 bridgehead atoms. The van der Waals surface area contributed by atoms with Gasteiger partial charge in [-0.2, -0.15) is 0 Å². The highest BCUT2D eigenvalue weighted by Gasteiger charge is 2.20. The molecule has 0 saturated heterocycles. The van der Waals surface area contributed by atoms with Crippen LogP contribution in [0, 0.1) is 0 Å². The molecule has 2 heterocycles. The second-order valence-electron chi connectivity index (χ2n) is 4.26. The summed E-state index contributed by atoms with van der Waals surface area (Å²) in [6, 6.07) is 0. The number of aryl methyl sites for hydroxylation is 1. The van der Waals surface area contributed by atoms with Gasteiger partial charge in [-0.3, -0.25) is 0 Å². The summed E-state index contributed by atoms with van der Waals surface area (Å²) < 4.78 is 7.30. The number of anilines is 1. The lowest BCUT2D eigenvalue weighted by molar-refractivity contribution is 0.183. The average molecular weight is 209 g/mol. The first-order valence-corrected chi connectivity index (χ1v) is 5.57. The minimum Gasteiger partial charge on any atom is -0.384 e. The molecule has 15 heavy (non-hydrogen) atoms. The van der Waals surface area contributed by atoms with Crippen LogP contribution in [-0.4, -0.2) is 23.3 Å². The Hall–Kier alpha value is -1.03. The summed E-state index contributed by atoms with van der Waals surface area (Å²) in [7, 11) is 1.71. The van der Waals surface area contributed by atoms with Crippen molar-refractivity contribution in [1.29, 1.82) is 0 Å². The molecule has 0 spiro atoms. The maximum absolute atomic E-state index is 6.10. The molecule has 2 N–H and O–H groups in total. The molecule has 0 aliphatic carbocycles. The van der Waals surface area contributed by atoms with Gasteiger partial charge in [0.2, 0.25) is 0 Å². The fourth-order valence-corrected chi connectivity index (χ4v) is 2.22. The van der Waals surface area contributed by atoms with Crippen molar-refractivity contribution >= 4 is 5.82 Å². The second-order valence-corrected chi connectivity index (χ2v) is 4.26. The maximum Gasteiger partial charge on any atom is 0.127 e. The van der Waals surface area contributed by atoms with Gasteiger partial charge in [0.15, 0.2) is 0 Å². The fourth-order valence-electron chi connectivity index (χ4n) is 2.22. The molecular formula is C11H19N3O. The van der Waals surface area contributed by atoms with E-state index in [1.54, 1.807) is 7.11 Å². The molecule has 84 valence electrons. The zero-order chi connectivity index (χ0) is 10.8. The minimum absolute atomic E-state index is 0.285. The van der Waals surface area contributed by atoms with E-state index in [0.717, 1.165) is 30.3 Å². The van der Waals surface area contributed by atoms with Crippen LogP contribution in [0.15, 0.2) is 0 Å². The smallest absolute Gasteiger partial charge is 0.127 e. The first-order chi connectivity index (χ1) is 7.24. The topological polar surface area (TPSA) is 53.1 Å². The molecule has 4 heteroatoms. The number of hydrogen-bond donors (Lipinski definition) is 1. The monoisotopic (exact) mass is 209 g/mol. The van der Waals surface area contributed by atoms with E-state index < -0.39 is 0 Å². The van der Waals surface area contributed by atoms with Crippen molar-refractivity contribution in [2.75, 3.05) is 19.5 Å². The summed E-state index contributed by atoms with van der Waals surface area (Å²) in [5.41, 5.74) is 7.11. The number of nitrogens with zero attached hydrogens (tertiary/aromatic N) is 2. The molecule has 0 amide bonds. The van der Waals surface area contributed by atoms with Crippen molar-refractivity contribution in [2.45, 2.75) is 38.6 Å². The van der Waals surface area contributed by atoms with Crippen LogP contribution in [0.25, 0.3) is 0 Å². The highest BCUT2D eigenvalue weighted by Crippen LogP contribution is 2.26. The van der Waals surface area contributed by atoms with E-state index in [-0.39, 0.29) is 5.92 Å². The number of ether oxygens (including phenoxy) is 1. The number of imidazole rings is 1. The van der Waals surface area contributed by atoms with E-state index in [9.17, 15) is 0 Å². The van der Waals surface area contributed by atoms with E-state index in [1.807, 2.05) is 0 Å². The van der Waals surface area contributed by atoms with Gasteiger partial charge in [-0.05, 0) is 12.8 Å². The Morgan fingerprint density at radius 3 is 3.00 bits per heavy atom. The normalized spacial score (nSPS) is 17.5. The summed E-state index contributed by atoms with van der Waals surface area (Å²) in [6.45, 7) is 3.81. The Morgan fingerprint density at radius 1 is 1.53 bits per heavy atom. The largest absolute Gasteiger partial charge is 0.384 e. The van der Waals surface area contributed by atoms with E-state index >= 15 is 0 Å². The number of nitrogen functional groups attached to an aromatic ring is 1. The van der Waals surface area contributed by atoms with Crippen molar-refractivity contribution in [1.82, 2.24) is 9.55 Å². The molecule has 0 fully saturated rings. The minimum atomic E-state index is 0.285. The predicted molar refractivity (Wildman–Crippen MR) is 59.9 cm³/mol. The molecule has 2 rings (SSSR count). The Kier molecular flexibility index (Phi) is 2.95. The zero-order valence-electron chi connectivity index (χ0n) is 9.49. The third kappa shape index (κ3) is 1.86. The van der Waals surface area contributed by atoms with Crippen LogP contribution >= 0.6 is 0 Å². The first-order valence-electron chi connectivity index (χ1n) is 5.57. The van der Waals surface area contributed by atoms with Crippen LogP contribution in [0.3, 0.4) is 0 Å². The molecule has 0 saturated carbocycles. The average Bonchev–Trinajstić information content (AvgIpc) is 2.57. The summed E-state index contributed by atoms with van der Waals surface area (Å²) in [4.78, 5) is 4.63. The highest BCUT2D eigenvalue weighted by molar-refractivity contribution is 5.41. The Bertz CT molecular complexity index is 346. The quantitative estimate of drug-likeness (QED) is 0.821. The predicted octanol–water partition coefficient (Wildman–Crippen LogP) is 1.55. The van der Waals surface area contributed by atoms with Gasteiger partial charge in [-0.25, -0.2) is 4.98 Å². The van der Waals surface area contributed by atoms with E-state index in [2.05, 4.69) is 16.5 Å². The Balaban J connectivity index is 2.28. The molecule has 1 aliphatic heterocycles. The molecular weight excluding hydrogens is 190 g/mol. The fraction of sp³-hybridized carbons (Fsp3) is 0.727. The third-order valence-corrected chi connectivity index (χ3v) is 3.03. The van der Waals surface area contributed by atoms with E-state index in [4.69, 9.17) is 10.5 Å². The molecule has 1 aliphatic rings. The van der Waals surface area contributed by atoms with Gasteiger partial charge in [-0.1, -0.05) is 6.92 Å². The van der Waals surface area contributed by atoms with Crippen molar-refractivity contribution in [3.05, 3.63) is 11.5 Å².